The highest BCUT2D eigenvalue weighted by Gasteiger charge is 2.44. The fourth-order valence-corrected chi connectivity index (χ4v) is 2.78. The number of guanidine groups is 1. The van der Waals surface area contributed by atoms with Crippen molar-refractivity contribution >= 4 is 5.96 Å². The predicted molar refractivity (Wildman–Crippen MR) is 98.6 cm³/mol. The van der Waals surface area contributed by atoms with Crippen molar-refractivity contribution in [2.75, 3.05) is 13.6 Å². The zero-order chi connectivity index (χ0) is 17.9. The number of nitrogens with one attached hydrogen (secondary N) is 2. The fourth-order valence-electron chi connectivity index (χ4n) is 2.78. The molecule has 134 valence electrons. The van der Waals surface area contributed by atoms with Crippen molar-refractivity contribution in [1.29, 1.82) is 0 Å². The van der Waals surface area contributed by atoms with Gasteiger partial charge in [-0.2, -0.15) is 4.98 Å². The van der Waals surface area contributed by atoms with Crippen molar-refractivity contribution in [3.8, 4) is 0 Å². The monoisotopic (exact) mass is 341 g/mol. The summed E-state index contributed by atoms with van der Waals surface area (Å²) in [5, 5.41) is 10.7. The molecule has 0 saturated heterocycles. The van der Waals surface area contributed by atoms with Crippen LogP contribution in [0.5, 0.6) is 0 Å². The topological polar surface area (TPSA) is 75.3 Å². The minimum Gasteiger partial charge on any atom is -0.356 e. The summed E-state index contributed by atoms with van der Waals surface area (Å²) in [4.78, 5) is 8.72. The highest BCUT2D eigenvalue weighted by atomic mass is 16.5. The molecule has 25 heavy (non-hydrogen) atoms. The molecule has 0 unspecified atom stereocenters. The van der Waals surface area contributed by atoms with E-state index < -0.39 is 0 Å². The fraction of sp³-hybridized carbons (Fsp3) is 0.526. The molecule has 0 atom stereocenters. The van der Waals surface area contributed by atoms with Crippen molar-refractivity contribution in [2.24, 2.45) is 4.99 Å². The van der Waals surface area contributed by atoms with Gasteiger partial charge in [0.1, 0.15) is 0 Å². The number of benzene rings is 1. The maximum Gasteiger partial charge on any atom is 0.232 e. The molecule has 1 saturated carbocycles. The van der Waals surface area contributed by atoms with Crippen LogP contribution in [0.2, 0.25) is 0 Å². The third-order valence-electron chi connectivity index (χ3n) is 4.58. The molecule has 0 bridgehead atoms. The van der Waals surface area contributed by atoms with Crippen molar-refractivity contribution in [3.05, 3.63) is 47.6 Å². The van der Waals surface area contributed by atoms with E-state index in [1.165, 1.54) is 18.4 Å². The Labute approximate surface area is 149 Å². The van der Waals surface area contributed by atoms with Gasteiger partial charge in [0.25, 0.3) is 0 Å². The Morgan fingerprint density at radius 2 is 1.92 bits per heavy atom. The maximum atomic E-state index is 5.32. The van der Waals surface area contributed by atoms with Crippen molar-refractivity contribution in [3.63, 3.8) is 0 Å². The lowest BCUT2D eigenvalue weighted by Crippen LogP contribution is -2.41. The van der Waals surface area contributed by atoms with Gasteiger partial charge in [-0.25, -0.2) is 0 Å². The zero-order valence-corrected chi connectivity index (χ0v) is 15.5. The minimum absolute atomic E-state index is 0.140. The van der Waals surface area contributed by atoms with E-state index >= 15 is 0 Å². The average Bonchev–Trinajstić information content (AvgIpc) is 3.23. The molecule has 0 spiro atoms. The molecule has 1 aliphatic rings. The molecule has 1 fully saturated rings. The summed E-state index contributed by atoms with van der Waals surface area (Å²) in [5.41, 5.74) is 1.50. The summed E-state index contributed by atoms with van der Waals surface area (Å²) in [6.07, 6.45) is 2.42. The standard InChI is InChI=1S/C19H27N5O/c1-18(2,3)16-23-15(24-25-16)12-21-17(20-4)22-13-19(10-11-19)14-8-6-5-7-9-14/h5-9H,10-13H2,1-4H3,(H2,20,21,22). The van der Waals surface area contributed by atoms with Gasteiger partial charge in [0.2, 0.25) is 5.89 Å². The van der Waals surface area contributed by atoms with E-state index in [9.17, 15) is 0 Å². The normalized spacial score (nSPS) is 16.6. The van der Waals surface area contributed by atoms with E-state index in [0.717, 1.165) is 12.5 Å². The molecule has 3 rings (SSSR count). The van der Waals surface area contributed by atoms with E-state index in [-0.39, 0.29) is 10.8 Å². The highest BCUT2D eigenvalue weighted by molar-refractivity contribution is 5.79. The molecular formula is C19H27N5O. The first-order chi connectivity index (χ1) is 11.9. The van der Waals surface area contributed by atoms with Crippen LogP contribution in [0, 0.1) is 0 Å². The Kier molecular flexibility index (Phi) is 4.79. The van der Waals surface area contributed by atoms with Crippen molar-refractivity contribution in [1.82, 2.24) is 20.8 Å². The molecule has 2 N–H and O–H groups in total. The van der Waals surface area contributed by atoms with E-state index in [4.69, 9.17) is 4.52 Å². The second kappa shape index (κ2) is 6.86. The van der Waals surface area contributed by atoms with Crippen LogP contribution in [-0.4, -0.2) is 29.7 Å². The second-order valence-corrected chi connectivity index (χ2v) is 7.69. The number of nitrogens with zero attached hydrogens (tertiary/aromatic N) is 3. The van der Waals surface area contributed by atoms with E-state index in [1.54, 1.807) is 7.05 Å². The summed E-state index contributed by atoms with van der Waals surface area (Å²) >= 11 is 0. The van der Waals surface area contributed by atoms with Crippen LogP contribution in [0.25, 0.3) is 0 Å². The summed E-state index contributed by atoms with van der Waals surface area (Å²) < 4.78 is 5.32. The molecular weight excluding hydrogens is 314 g/mol. The molecule has 0 radical (unpaired) electrons. The van der Waals surface area contributed by atoms with Gasteiger partial charge in [0.05, 0.1) is 6.54 Å². The molecule has 6 heteroatoms. The summed E-state index contributed by atoms with van der Waals surface area (Å²) in [6, 6.07) is 10.7. The van der Waals surface area contributed by atoms with Gasteiger partial charge >= 0.3 is 0 Å². The lowest BCUT2D eigenvalue weighted by atomic mass is 9.96. The molecule has 6 nitrogen and oxygen atoms in total. The summed E-state index contributed by atoms with van der Waals surface area (Å²) in [6.45, 7) is 7.51. The minimum atomic E-state index is -0.140. The first-order valence-electron chi connectivity index (χ1n) is 8.76. The third-order valence-corrected chi connectivity index (χ3v) is 4.58. The number of aliphatic imine (C=N–C) groups is 1. The van der Waals surface area contributed by atoms with Gasteiger partial charge in [-0.05, 0) is 18.4 Å². The third kappa shape index (κ3) is 4.18. The molecule has 0 amide bonds. The van der Waals surface area contributed by atoms with E-state index in [1.807, 2.05) is 0 Å². The zero-order valence-electron chi connectivity index (χ0n) is 15.5. The first kappa shape index (κ1) is 17.5. The smallest absolute Gasteiger partial charge is 0.232 e. The summed E-state index contributed by atoms with van der Waals surface area (Å²) in [7, 11) is 1.77. The molecule has 2 aromatic rings. The average molecular weight is 341 g/mol. The number of aromatic nitrogens is 2. The lowest BCUT2D eigenvalue weighted by Gasteiger charge is -2.18. The van der Waals surface area contributed by atoms with Crippen molar-refractivity contribution in [2.45, 2.75) is 51.0 Å². The number of hydrogen-bond acceptors (Lipinski definition) is 4. The predicted octanol–water partition coefficient (Wildman–Crippen LogP) is 2.76. The largest absolute Gasteiger partial charge is 0.356 e. The van der Waals surface area contributed by atoms with E-state index in [0.29, 0.717) is 18.3 Å². The second-order valence-electron chi connectivity index (χ2n) is 7.69. The number of rotatable bonds is 5. The quantitative estimate of drug-likeness (QED) is 0.646. The molecule has 0 aliphatic heterocycles. The van der Waals surface area contributed by atoms with E-state index in [2.05, 4.69) is 76.9 Å². The maximum absolute atomic E-state index is 5.32. The Hall–Kier alpha value is -2.37. The van der Waals surface area contributed by atoms with Gasteiger partial charge in [-0.3, -0.25) is 4.99 Å². The van der Waals surface area contributed by atoms with Gasteiger partial charge in [-0.1, -0.05) is 56.3 Å². The first-order valence-corrected chi connectivity index (χ1v) is 8.76. The SMILES string of the molecule is CN=C(NCc1noc(C(C)(C)C)n1)NCC1(c2ccccc2)CC1. The lowest BCUT2D eigenvalue weighted by molar-refractivity contribution is 0.318. The van der Waals surface area contributed by atoms with Crippen LogP contribution >= 0.6 is 0 Å². The Morgan fingerprint density at radius 3 is 2.48 bits per heavy atom. The van der Waals surface area contributed by atoms with Gasteiger partial charge < -0.3 is 15.2 Å². The molecule has 1 aliphatic carbocycles. The summed E-state index contributed by atoms with van der Waals surface area (Å²) in [5.74, 6) is 2.04. The molecule has 1 aromatic heterocycles. The van der Waals surface area contributed by atoms with Gasteiger partial charge in [0.15, 0.2) is 11.8 Å². The molecule has 1 aromatic carbocycles. The van der Waals surface area contributed by atoms with Crippen LogP contribution < -0.4 is 10.6 Å². The van der Waals surface area contributed by atoms with Crippen LogP contribution in [-0.2, 0) is 17.4 Å². The van der Waals surface area contributed by atoms with Crippen LogP contribution in [0.1, 0.15) is 50.9 Å². The Balaban J connectivity index is 1.53. The van der Waals surface area contributed by atoms with Crippen LogP contribution in [0.3, 0.4) is 0 Å². The Morgan fingerprint density at radius 1 is 1.20 bits per heavy atom. The van der Waals surface area contributed by atoms with Crippen LogP contribution in [0.4, 0.5) is 0 Å². The van der Waals surface area contributed by atoms with Crippen molar-refractivity contribution < 1.29 is 4.52 Å². The van der Waals surface area contributed by atoms with Gasteiger partial charge in [0, 0.05) is 24.4 Å². The number of hydrogen-bond donors (Lipinski definition) is 2. The van der Waals surface area contributed by atoms with Crippen LogP contribution in [0.15, 0.2) is 39.8 Å². The Bertz CT molecular complexity index is 726. The molecule has 1 heterocycles. The van der Waals surface area contributed by atoms with Gasteiger partial charge in [-0.15, -0.1) is 0 Å². The highest BCUT2D eigenvalue weighted by Crippen LogP contribution is 2.47.